The third-order valence-corrected chi connectivity index (χ3v) is 5.14. The average Bonchev–Trinajstić information content (AvgIpc) is 2.47. The van der Waals surface area contributed by atoms with E-state index in [0.717, 1.165) is 10.9 Å². The molecule has 0 heterocycles. The number of primary amides is 1. The molecular weight excluding hydrogens is 300 g/mol. The Kier molecular flexibility index (Phi) is 4.83. The van der Waals surface area contributed by atoms with Crippen LogP contribution < -0.4 is 10.5 Å². The fourth-order valence-electron chi connectivity index (χ4n) is 2.46. The van der Waals surface area contributed by atoms with E-state index < -0.39 is 22.0 Å². The number of nitrogens with one attached hydrogen (secondary N) is 1. The van der Waals surface area contributed by atoms with Crippen molar-refractivity contribution in [3.8, 4) is 0 Å². The predicted octanol–water partition coefficient (Wildman–Crippen LogP) is 2.08. The second-order valence-electron chi connectivity index (χ2n) is 5.29. The normalized spacial score (nSPS) is 13.2. The lowest BCUT2D eigenvalue weighted by Gasteiger charge is -2.16. The van der Waals surface area contributed by atoms with E-state index in [1.54, 1.807) is 24.3 Å². The van der Waals surface area contributed by atoms with Crippen molar-refractivity contribution in [1.29, 1.82) is 0 Å². The summed E-state index contributed by atoms with van der Waals surface area (Å²) in [4.78, 5) is 11.6. The summed E-state index contributed by atoms with van der Waals surface area (Å²) in [5.41, 5.74) is 6.27. The molecule has 2 aromatic carbocycles. The van der Waals surface area contributed by atoms with Crippen LogP contribution in [0.1, 0.15) is 25.3 Å². The van der Waals surface area contributed by atoms with Crippen LogP contribution in [0.15, 0.2) is 41.3 Å². The summed E-state index contributed by atoms with van der Waals surface area (Å²) in [5.74, 6) is -0.665. The van der Waals surface area contributed by atoms with Gasteiger partial charge in [0.1, 0.15) is 6.04 Å². The lowest BCUT2D eigenvalue weighted by molar-refractivity contribution is -0.119. The van der Waals surface area contributed by atoms with Crippen molar-refractivity contribution >= 4 is 26.7 Å². The van der Waals surface area contributed by atoms with Gasteiger partial charge in [0.25, 0.3) is 0 Å². The van der Waals surface area contributed by atoms with Gasteiger partial charge in [-0.3, -0.25) is 4.79 Å². The minimum absolute atomic E-state index is 0.163. The Hall–Kier alpha value is -1.92. The zero-order valence-electron chi connectivity index (χ0n) is 12.7. The van der Waals surface area contributed by atoms with Crippen LogP contribution in [-0.2, 0) is 14.8 Å². The highest BCUT2D eigenvalue weighted by Crippen LogP contribution is 2.26. The Labute approximate surface area is 130 Å². The van der Waals surface area contributed by atoms with E-state index in [2.05, 4.69) is 4.72 Å². The van der Waals surface area contributed by atoms with Gasteiger partial charge in [-0.25, -0.2) is 8.42 Å². The van der Waals surface area contributed by atoms with Crippen LogP contribution in [0.3, 0.4) is 0 Å². The first-order valence-electron chi connectivity index (χ1n) is 7.17. The number of amides is 1. The highest BCUT2D eigenvalue weighted by molar-refractivity contribution is 7.89. The summed E-state index contributed by atoms with van der Waals surface area (Å²) < 4.78 is 27.7. The van der Waals surface area contributed by atoms with Crippen molar-refractivity contribution in [2.75, 3.05) is 0 Å². The highest BCUT2D eigenvalue weighted by Gasteiger charge is 2.24. The predicted molar refractivity (Wildman–Crippen MR) is 86.9 cm³/mol. The fraction of sp³-hybridized carbons (Fsp3) is 0.312. The molecule has 0 saturated carbocycles. The molecule has 6 heteroatoms. The summed E-state index contributed by atoms with van der Waals surface area (Å²) in [6, 6.07) is 9.72. The number of hydrogen-bond acceptors (Lipinski definition) is 3. The standard InChI is InChI=1S/C16H20N2O3S/c1-3-6-14(16(17)19)18-22(20,21)15-10-9-11(2)12-7-4-5-8-13(12)15/h4-5,7-10,14,18H,3,6H2,1-2H3,(H2,17,19). The molecule has 3 N–H and O–H groups in total. The molecule has 2 aromatic rings. The van der Waals surface area contributed by atoms with Crippen LogP contribution in [0.4, 0.5) is 0 Å². The molecule has 0 bridgehead atoms. The summed E-state index contributed by atoms with van der Waals surface area (Å²) in [5, 5.41) is 1.51. The van der Waals surface area contributed by atoms with Crippen molar-refractivity contribution in [3.63, 3.8) is 0 Å². The van der Waals surface area contributed by atoms with E-state index >= 15 is 0 Å². The van der Waals surface area contributed by atoms with Crippen molar-refractivity contribution in [1.82, 2.24) is 4.72 Å². The molecular formula is C16H20N2O3S. The van der Waals surface area contributed by atoms with Crippen LogP contribution in [0.5, 0.6) is 0 Å². The van der Waals surface area contributed by atoms with Gasteiger partial charge < -0.3 is 5.73 Å². The SMILES string of the molecule is CCCC(NS(=O)(=O)c1ccc(C)c2ccccc12)C(N)=O. The first-order chi connectivity index (χ1) is 10.4. The van der Waals surface area contributed by atoms with Gasteiger partial charge >= 0.3 is 0 Å². The number of aryl methyl sites for hydroxylation is 1. The van der Waals surface area contributed by atoms with Gasteiger partial charge in [0.15, 0.2) is 0 Å². The second kappa shape index (κ2) is 6.46. The van der Waals surface area contributed by atoms with Crippen molar-refractivity contribution in [2.45, 2.75) is 37.6 Å². The number of sulfonamides is 1. The lowest BCUT2D eigenvalue weighted by Crippen LogP contribution is -2.44. The molecule has 118 valence electrons. The molecule has 1 atom stereocenters. The van der Waals surface area contributed by atoms with Crippen LogP contribution in [0.2, 0.25) is 0 Å². The molecule has 0 aliphatic rings. The molecule has 22 heavy (non-hydrogen) atoms. The summed E-state index contributed by atoms with van der Waals surface area (Å²) in [6.07, 6.45) is 1.03. The van der Waals surface area contributed by atoms with Crippen molar-refractivity contribution < 1.29 is 13.2 Å². The van der Waals surface area contributed by atoms with Crippen LogP contribution in [0, 0.1) is 6.92 Å². The molecule has 1 amide bonds. The van der Waals surface area contributed by atoms with Gasteiger partial charge in [0, 0.05) is 5.39 Å². The maximum atomic E-state index is 12.6. The molecule has 1 unspecified atom stereocenters. The number of fused-ring (bicyclic) bond motifs is 1. The summed E-state index contributed by atoms with van der Waals surface area (Å²) in [7, 11) is -3.82. The molecule has 0 saturated heterocycles. The average molecular weight is 320 g/mol. The molecule has 2 rings (SSSR count). The largest absolute Gasteiger partial charge is 0.368 e. The van der Waals surface area contributed by atoms with E-state index in [9.17, 15) is 13.2 Å². The minimum Gasteiger partial charge on any atom is -0.368 e. The Morgan fingerprint density at radius 1 is 1.18 bits per heavy atom. The lowest BCUT2D eigenvalue weighted by atomic mass is 10.1. The number of carbonyl (C=O) groups is 1. The monoisotopic (exact) mass is 320 g/mol. The van der Waals surface area contributed by atoms with Gasteiger partial charge in [-0.2, -0.15) is 4.72 Å². The molecule has 5 nitrogen and oxygen atoms in total. The van der Waals surface area contributed by atoms with E-state index in [-0.39, 0.29) is 4.90 Å². The zero-order valence-corrected chi connectivity index (χ0v) is 13.5. The first kappa shape index (κ1) is 16.5. The molecule has 0 fully saturated rings. The Balaban J connectivity index is 2.50. The van der Waals surface area contributed by atoms with Crippen LogP contribution >= 0.6 is 0 Å². The topological polar surface area (TPSA) is 89.3 Å². The number of nitrogens with two attached hydrogens (primary N) is 1. The molecule has 0 aromatic heterocycles. The molecule has 0 aliphatic carbocycles. The van der Waals surface area contributed by atoms with Crippen LogP contribution in [0.25, 0.3) is 10.8 Å². The Morgan fingerprint density at radius 3 is 2.41 bits per heavy atom. The van der Waals surface area contributed by atoms with E-state index in [1.165, 1.54) is 0 Å². The molecule has 0 aliphatic heterocycles. The fourth-order valence-corrected chi connectivity index (χ4v) is 3.91. The van der Waals surface area contributed by atoms with Crippen molar-refractivity contribution in [2.24, 2.45) is 5.73 Å². The highest BCUT2D eigenvalue weighted by atomic mass is 32.2. The van der Waals surface area contributed by atoms with E-state index in [0.29, 0.717) is 18.2 Å². The minimum atomic E-state index is -3.82. The third-order valence-electron chi connectivity index (χ3n) is 3.61. The first-order valence-corrected chi connectivity index (χ1v) is 8.65. The third kappa shape index (κ3) is 3.28. The van der Waals surface area contributed by atoms with Crippen molar-refractivity contribution in [3.05, 3.63) is 42.0 Å². The Morgan fingerprint density at radius 2 is 1.82 bits per heavy atom. The van der Waals surface area contributed by atoms with Gasteiger partial charge in [0.2, 0.25) is 15.9 Å². The van der Waals surface area contributed by atoms with Gasteiger partial charge in [-0.15, -0.1) is 0 Å². The van der Waals surface area contributed by atoms with E-state index in [1.807, 2.05) is 26.0 Å². The van der Waals surface area contributed by atoms with Gasteiger partial charge in [-0.1, -0.05) is 43.7 Å². The number of hydrogen-bond donors (Lipinski definition) is 2. The molecule has 0 radical (unpaired) electrons. The maximum Gasteiger partial charge on any atom is 0.241 e. The van der Waals surface area contributed by atoms with Gasteiger partial charge in [-0.05, 0) is 30.4 Å². The number of rotatable bonds is 6. The maximum absolute atomic E-state index is 12.6. The van der Waals surface area contributed by atoms with E-state index in [4.69, 9.17) is 5.73 Å². The van der Waals surface area contributed by atoms with Crippen LogP contribution in [-0.4, -0.2) is 20.4 Å². The quantitative estimate of drug-likeness (QED) is 0.854. The Bertz CT molecular complexity index is 800. The number of carbonyl (C=O) groups excluding carboxylic acids is 1. The second-order valence-corrected chi connectivity index (χ2v) is 6.97. The smallest absolute Gasteiger partial charge is 0.241 e. The zero-order chi connectivity index (χ0) is 16.3. The summed E-state index contributed by atoms with van der Waals surface area (Å²) in [6.45, 7) is 3.79. The van der Waals surface area contributed by atoms with Gasteiger partial charge in [0.05, 0.1) is 4.90 Å². The molecule has 0 spiro atoms. The summed E-state index contributed by atoms with van der Waals surface area (Å²) >= 11 is 0. The number of benzene rings is 2.